The molecular weight excluding hydrogens is 240 g/mol. The number of carbonyl (C=O) groups excluding carboxylic acids is 2. The maximum atomic E-state index is 11.7. The van der Waals surface area contributed by atoms with Gasteiger partial charge in [-0.25, -0.2) is 0 Å². The molecular formula is C11H14N2O3S. The molecule has 6 heteroatoms. The number of amides is 2. The zero-order valence-electron chi connectivity index (χ0n) is 9.40. The number of methoxy groups -OCH3 is 1. The molecule has 3 N–H and O–H groups in total. The minimum absolute atomic E-state index is 0.109. The minimum Gasteiger partial charge on any atom is -0.496 e. The summed E-state index contributed by atoms with van der Waals surface area (Å²) < 4.78 is 5.05. The normalized spacial score (nSPS) is 9.76. The molecule has 0 bridgehead atoms. The molecule has 1 aromatic rings. The Morgan fingerprint density at radius 1 is 1.47 bits per heavy atom. The first-order valence-electron chi connectivity index (χ1n) is 4.98. The van der Waals surface area contributed by atoms with Crippen molar-refractivity contribution in [2.45, 2.75) is 11.3 Å². The maximum Gasteiger partial charge on any atom is 0.252 e. The van der Waals surface area contributed by atoms with Crippen LogP contribution >= 0.6 is 12.6 Å². The first-order chi connectivity index (χ1) is 8.06. The van der Waals surface area contributed by atoms with Crippen LogP contribution in [0.2, 0.25) is 0 Å². The third kappa shape index (κ3) is 3.67. The van der Waals surface area contributed by atoms with Crippen LogP contribution in [0.3, 0.4) is 0 Å². The van der Waals surface area contributed by atoms with E-state index in [4.69, 9.17) is 10.5 Å². The van der Waals surface area contributed by atoms with E-state index in [-0.39, 0.29) is 18.9 Å². The van der Waals surface area contributed by atoms with Crippen molar-refractivity contribution in [3.8, 4) is 5.75 Å². The molecule has 1 rings (SSSR count). The van der Waals surface area contributed by atoms with Gasteiger partial charge in [0.25, 0.3) is 5.91 Å². The zero-order valence-corrected chi connectivity index (χ0v) is 10.3. The molecule has 0 atom stereocenters. The molecule has 0 aromatic heterocycles. The van der Waals surface area contributed by atoms with Gasteiger partial charge < -0.3 is 15.8 Å². The highest BCUT2D eigenvalue weighted by atomic mass is 32.1. The van der Waals surface area contributed by atoms with E-state index in [0.29, 0.717) is 16.2 Å². The van der Waals surface area contributed by atoms with Crippen LogP contribution in [0, 0.1) is 0 Å². The summed E-state index contributed by atoms with van der Waals surface area (Å²) in [7, 11) is 1.50. The van der Waals surface area contributed by atoms with E-state index < -0.39 is 5.91 Å². The summed E-state index contributed by atoms with van der Waals surface area (Å²) in [6, 6.07) is 5.04. The average Bonchev–Trinajstić information content (AvgIpc) is 2.28. The molecule has 5 nitrogen and oxygen atoms in total. The quantitative estimate of drug-likeness (QED) is 0.673. The fourth-order valence-electron chi connectivity index (χ4n) is 1.26. The van der Waals surface area contributed by atoms with E-state index in [1.807, 2.05) is 0 Å². The van der Waals surface area contributed by atoms with Gasteiger partial charge in [-0.2, -0.15) is 0 Å². The fourth-order valence-corrected chi connectivity index (χ4v) is 1.61. The van der Waals surface area contributed by atoms with Gasteiger partial charge in [0.15, 0.2) is 0 Å². The molecule has 0 spiro atoms. The van der Waals surface area contributed by atoms with Crippen molar-refractivity contribution >= 4 is 24.4 Å². The lowest BCUT2D eigenvalue weighted by molar-refractivity contribution is -0.117. The van der Waals surface area contributed by atoms with E-state index in [1.54, 1.807) is 18.2 Å². The van der Waals surface area contributed by atoms with Gasteiger partial charge >= 0.3 is 0 Å². The van der Waals surface area contributed by atoms with Crippen LogP contribution in [-0.2, 0) is 4.79 Å². The minimum atomic E-state index is -0.456. The lowest BCUT2D eigenvalue weighted by Gasteiger charge is -2.09. The Hall–Kier alpha value is -1.69. The monoisotopic (exact) mass is 254 g/mol. The summed E-state index contributed by atoms with van der Waals surface area (Å²) in [6.07, 6.45) is 0.109. The lowest BCUT2D eigenvalue weighted by Crippen LogP contribution is -2.28. The number of ether oxygens (including phenoxy) is 1. The predicted octanol–water partition coefficient (Wildman–Crippen LogP) is 0.589. The van der Waals surface area contributed by atoms with Crippen molar-refractivity contribution in [2.75, 3.05) is 13.7 Å². The smallest absolute Gasteiger partial charge is 0.252 e. The maximum absolute atomic E-state index is 11.7. The zero-order chi connectivity index (χ0) is 12.8. The second kappa shape index (κ2) is 6.15. The Morgan fingerprint density at radius 2 is 2.18 bits per heavy atom. The number of rotatable bonds is 5. The molecule has 0 fully saturated rings. The fraction of sp³-hybridized carbons (Fsp3) is 0.273. The average molecular weight is 254 g/mol. The first-order valence-corrected chi connectivity index (χ1v) is 5.43. The van der Waals surface area contributed by atoms with Gasteiger partial charge in [-0.15, -0.1) is 12.6 Å². The molecule has 0 saturated carbocycles. The van der Waals surface area contributed by atoms with Gasteiger partial charge in [0.1, 0.15) is 5.75 Å². The summed E-state index contributed by atoms with van der Waals surface area (Å²) in [5.74, 6) is -0.243. The molecule has 17 heavy (non-hydrogen) atoms. The number of primary amides is 1. The van der Waals surface area contributed by atoms with Gasteiger partial charge in [0.05, 0.1) is 17.6 Å². The number of carbonyl (C=O) groups is 2. The Morgan fingerprint density at radius 3 is 2.76 bits per heavy atom. The largest absolute Gasteiger partial charge is 0.496 e. The standard InChI is InChI=1S/C11H14N2O3S/c1-16-8-4-2-3-7(10(8)17)11(15)13-6-5-9(12)14/h2-4,17H,5-6H2,1H3,(H2,12,14)(H,13,15). The molecule has 1 aromatic carbocycles. The van der Waals surface area contributed by atoms with Crippen LogP contribution < -0.4 is 15.8 Å². The molecule has 0 aliphatic carbocycles. The molecule has 0 radical (unpaired) electrons. The first kappa shape index (κ1) is 13.4. The SMILES string of the molecule is COc1cccc(C(=O)NCCC(N)=O)c1S. The Kier molecular flexibility index (Phi) is 4.84. The Labute approximate surface area is 105 Å². The number of hydrogen-bond donors (Lipinski definition) is 3. The summed E-state index contributed by atoms with van der Waals surface area (Å²) in [5, 5.41) is 2.58. The number of nitrogens with one attached hydrogen (secondary N) is 1. The van der Waals surface area contributed by atoms with E-state index in [1.165, 1.54) is 7.11 Å². The number of thiol groups is 1. The highest BCUT2D eigenvalue weighted by molar-refractivity contribution is 7.80. The van der Waals surface area contributed by atoms with Crippen LogP contribution in [-0.4, -0.2) is 25.5 Å². The topological polar surface area (TPSA) is 81.4 Å². The Bertz CT molecular complexity index is 435. The second-order valence-electron chi connectivity index (χ2n) is 3.33. The molecule has 92 valence electrons. The van der Waals surface area contributed by atoms with Crippen molar-refractivity contribution in [3.63, 3.8) is 0 Å². The van der Waals surface area contributed by atoms with Crippen LogP contribution in [0.1, 0.15) is 16.8 Å². The molecule has 0 aliphatic rings. The van der Waals surface area contributed by atoms with Crippen molar-refractivity contribution in [1.29, 1.82) is 0 Å². The van der Waals surface area contributed by atoms with Gasteiger partial charge in [0.2, 0.25) is 5.91 Å². The van der Waals surface area contributed by atoms with Gasteiger partial charge in [-0.3, -0.25) is 9.59 Å². The van der Waals surface area contributed by atoms with Crippen molar-refractivity contribution < 1.29 is 14.3 Å². The molecule has 0 aliphatic heterocycles. The van der Waals surface area contributed by atoms with Crippen molar-refractivity contribution in [1.82, 2.24) is 5.32 Å². The summed E-state index contributed by atoms with van der Waals surface area (Å²) in [4.78, 5) is 22.7. The number of benzene rings is 1. The summed E-state index contributed by atoms with van der Waals surface area (Å²) in [6.45, 7) is 0.207. The number of nitrogens with two attached hydrogens (primary N) is 1. The highest BCUT2D eigenvalue weighted by Gasteiger charge is 2.12. The highest BCUT2D eigenvalue weighted by Crippen LogP contribution is 2.25. The molecule has 2 amide bonds. The third-order valence-electron chi connectivity index (χ3n) is 2.12. The van der Waals surface area contributed by atoms with Gasteiger partial charge in [-0.1, -0.05) is 6.07 Å². The van der Waals surface area contributed by atoms with E-state index >= 15 is 0 Å². The molecule has 0 heterocycles. The van der Waals surface area contributed by atoms with Crippen LogP contribution in [0.15, 0.2) is 23.1 Å². The van der Waals surface area contributed by atoms with E-state index in [2.05, 4.69) is 17.9 Å². The summed E-state index contributed by atoms with van der Waals surface area (Å²) in [5.41, 5.74) is 5.37. The van der Waals surface area contributed by atoms with Crippen LogP contribution in [0.5, 0.6) is 5.75 Å². The van der Waals surface area contributed by atoms with Crippen LogP contribution in [0.25, 0.3) is 0 Å². The molecule has 0 unspecified atom stereocenters. The third-order valence-corrected chi connectivity index (χ3v) is 2.58. The predicted molar refractivity (Wildman–Crippen MR) is 66.4 cm³/mol. The number of hydrogen-bond acceptors (Lipinski definition) is 4. The molecule has 0 saturated heterocycles. The van der Waals surface area contributed by atoms with Gasteiger partial charge in [-0.05, 0) is 12.1 Å². The Balaban J connectivity index is 2.72. The van der Waals surface area contributed by atoms with E-state index in [9.17, 15) is 9.59 Å². The van der Waals surface area contributed by atoms with Crippen molar-refractivity contribution in [3.05, 3.63) is 23.8 Å². The van der Waals surface area contributed by atoms with Crippen LogP contribution in [0.4, 0.5) is 0 Å². The van der Waals surface area contributed by atoms with Gasteiger partial charge in [0, 0.05) is 13.0 Å². The van der Waals surface area contributed by atoms with E-state index in [0.717, 1.165) is 0 Å². The summed E-state index contributed by atoms with van der Waals surface area (Å²) >= 11 is 4.22. The second-order valence-corrected chi connectivity index (χ2v) is 3.78. The lowest BCUT2D eigenvalue weighted by atomic mass is 10.2. The van der Waals surface area contributed by atoms with Crippen molar-refractivity contribution in [2.24, 2.45) is 5.73 Å².